The van der Waals surface area contributed by atoms with Crippen LogP contribution in [0.2, 0.25) is 0 Å². The second kappa shape index (κ2) is 3.77. The van der Waals surface area contributed by atoms with Crippen LogP contribution in [0.25, 0.3) is 0 Å². The van der Waals surface area contributed by atoms with Crippen LogP contribution in [0.15, 0.2) is 12.3 Å². The van der Waals surface area contributed by atoms with Gasteiger partial charge in [-0.3, -0.25) is 9.78 Å². The summed E-state index contributed by atoms with van der Waals surface area (Å²) >= 11 is 0. The summed E-state index contributed by atoms with van der Waals surface area (Å²) in [5.41, 5.74) is -1.10. The third-order valence-corrected chi connectivity index (χ3v) is 1.85. The van der Waals surface area contributed by atoms with Gasteiger partial charge in [0.2, 0.25) is 0 Å². The van der Waals surface area contributed by atoms with Crippen molar-refractivity contribution in [3.63, 3.8) is 0 Å². The van der Waals surface area contributed by atoms with Crippen molar-refractivity contribution < 1.29 is 18.0 Å². The molecule has 0 aliphatic rings. The van der Waals surface area contributed by atoms with Crippen molar-refractivity contribution in [2.24, 2.45) is 0 Å². The molecule has 0 fully saturated rings. The number of pyridine rings is 1. The standard InChI is InChI=1S/C9H8F3NO/c1-2-6-3-4-13-8(7(6)5-14)9(10,11)12/h3-5H,2H2,1H3. The summed E-state index contributed by atoms with van der Waals surface area (Å²) in [7, 11) is 0. The first-order valence-electron chi connectivity index (χ1n) is 4.01. The number of aldehydes is 1. The number of alkyl halides is 3. The van der Waals surface area contributed by atoms with Crippen LogP contribution in [-0.4, -0.2) is 11.3 Å². The van der Waals surface area contributed by atoms with Crippen LogP contribution in [0.5, 0.6) is 0 Å². The van der Waals surface area contributed by atoms with E-state index in [1.807, 2.05) is 0 Å². The molecule has 0 N–H and O–H groups in total. The molecule has 0 saturated heterocycles. The predicted octanol–water partition coefficient (Wildman–Crippen LogP) is 2.48. The summed E-state index contributed by atoms with van der Waals surface area (Å²) < 4.78 is 37.0. The first kappa shape index (κ1) is 10.7. The molecule has 14 heavy (non-hydrogen) atoms. The zero-order chi connectivity index (χ0) is 10.8. The highest BCUT2D eigenvalue weighted by Crippen LogP contribution is 2.30. The molecule has 0 aliphatic carbocycles. The molecule has 0 spiro atoms. The van der Waals surface area contributed by atoms with E-state index in [0.717, 1.165) is 6.20 Å². The number of carbonyl (C=O) groups excluding carboxylic acids is 1. The van der Waals surface area contributed by atoms with Gasteiger partial charge in [-0.05, 0) is 18.1 Å². The minimum Gasteiger partial charge on any atom is -0.298 e. The predicted molar refractivity (Wildman–Crippen MR) is 44.0 cm³/mol. The van der Waals surface area contributed by atoms with Crippen LogP contribution in [0, 0.1) is 0 Å². The maximum Gasteiger partial charge on any atom is 0.434 e. The highest BCUT2D eigenvalue weighted by atomic mass is 19.4. The van der Waals surface area contributed by atoms with Crippen molar-refractivity contribution in [1.29, 1.82) is 0 Å². The summed E-state index contributed by atoms with van der Waals surface area (Å²) in [4.78, 5) is 13.7. The lowest BCUT2D eigenvalue weighted by Gasteiger charge is -2.10. The SMILES string of the molecule is CCc1ccnc(C(F)(F)F)c1C=O. The lowest BCUT2D eigenvalue weighted by molar-refractivity contribution is -0.141. The largest absolute Gasteiger partial charge is 0.434 e. The molecule has 1 heterocycles. The molecule has 0 aliphatic heterocycles. The number of hydrogen-bond acceptors (Lipinski definition) is 2. The molecular weight excluding hydrogens is 195 g/mol. The van der Waals surface area contributed by atoms with Crippen LogP contribution >= 0.6 is 0 Å². The van der Waals surface area contributed by atoms with E-state index in [9.17, 15) is 18.0 Å². The molecule has 0 atom stereocenters. The van der Waals surface area contributed by atoms with Gasteiger partial charge < -0.3 is 0 Å². The van der Waals surface area contributed by atoms with Gasteiger partial charge in [-0.15, -0.1) is 0 Å². The number of carbonyl (C=O) groups is 1. The van der Waals surface area contributed by atoms with Gasteiger partial charge in [0.05, 0.1) is 0 Å². The van der Waals surface area contributed by atoms with Gasteiger partial charge in [0.15, 0.2) is 12.0 Å². The van der Waals surface area contributed by atoms with Gasteiger partial charge in [0.1, 0.15) is 0 Å². The van der Waals surface area contributed by atoms with E-state index in [-0.39, 0.29) is 11.8 Å². The van der Waals surface area contributed by atoms with Crippen molar-refractivity contribution >= 4 is 6.29 Å². The Kier molecular flexibility index (Phi) is 2.88. The summed E-state index contributed by atoms with van der Waals surface area (Å²) in [6.45, 7) is 1.68. The molecule has 0 aromatic carbocycles. The fourth-order valence-corrected chi connectivity index (χ4v) is 1.18. The number of aryl methyl sites for hydroxylation is 1. The molecule has 1 rings (SSSR count). The number of halogens is 3. The zero-order valence-electron chi connectivity index (χ0n) is 7.43. The van der Waals surface area contributed by atoms with Crippen LogP contribution in [0.1, 0.15) is 28.5 Å². The summed E-state index contributed by atoms with van der Waals surface area (Å²) in [5.74, 6) is 0. The van der Waals surface area contributed by atoms with Crippen LogP contribution in [0.4, 0.5) is 13.2 Å². The molecule has 0 amide bonds. The lowest BCUT2D eigenvalue weighted by atomic mass is 10.1. The first-order valence-corrected chi connectivity index (χ1v) is 4.01. The Hall–Kier alpha value is -1.39. The average Bonchev–Trinajstić information content (AvgIpc) is 2.15. The topological polar surface area (TPSA) is 30.0 Å². The number of hydrogen-bond donors (Lipinski definition) is 0. The molecule has 5 heteroatoms. The Morgan fingerprint density at radius 1 is 1.50 bits per heavy atom. The molecule has 76 valence electrons. The van der Waals surface area contributed by atoms with Crippen molar-refractivity contribution in [2.75, 3.05) is 0 Å². The molecule has 0 bridgehead atoms. The number of aromatic nitrogens is 1. The van der Waals surface area contributed by atoms with E-state index in [1.54, 1.807) is 6.92 Å². The van der Waals surface area contributed by atoms with E-state index in [2.05, 4.69) is 4.98 Å². The van der Waals surface area contributed by atoms with Crippen LogP contribution in [0.3, 0.4) is 0 Å². The average molecular weight is 203 g/mol. The quantitative estimate of drug-likeness (QED) is 0.691. The molecule has 0 saturated carbocycles. The fourth-order valence-electron chi connectivity index (χ4n) is 1.18. The fraction of sp³-hybridized carbons (Fsp3) is 0.333. The molecule has 1 aromatic rings. The zero-order valence-corrected chi connectivity index (χ0v) is 7.43. The van der Waals surface area contributed by atoms with E-state index >= 15 is 0 Å². The Bertz CT molecular complexity index is 346. The third-order valence-electron chi connectivity index (χ3n) is 1.85. The Morgan fingerprint density at radius 3 is 2.57 bits per heavy atom. The van der Waals surface area contributed by atoms with Gasteiger partial charge in [0.25, 0.3) is 0 Å². The monoisotopic (exact) mass is 203 g/mol. The van der Waals surface area contributed by atoms with E-state index < -0.39 is 11.9 Å². The van der Waals surface area contributed by atoms with E-state index in [0.29, 0.717) is 12.0 Å². The summed E-state index contributed by atoms with van der Waals surface area (Å²) in [6.07, 6.45) is -2.93. The Balaban J connectivity index is 3.37. The summed E-state index contributed by atoms with van der Waals surface area (Å²) in [6, 6.07) is 1.42. The second-order valence-electron chi connectivity index (χ2n) is 2.70. The normalized spacial score (nSPS) is 11.4. The van der Waals surface area contributed by atoms with Gasteiger partial charge in [-0.25, -0.2) is 0 Å². The van der Waals surface area contributed by atoms with Crippen molar-refractivity contribution in [3.8, 4) is 0 Å². The number of rotatable bonds is 2. The maximum absolute atomic E-state index is 12.3. The second-order valence-corrected chi connectivity index (χ2v) is 2.70. The van der Waals surface area contributed by atoms with Crippen LogP contribution < -0.4 is 0 Å². The Labute approximate surface area is 78.8 Å². The van der Waals surface area contributed by atoms with Gasteiger partial charge in [0, 0.05) is 11.8 Å². The number of nitrogens with zero attached hydrogens (tertiary/aromatic N) is 1. The third kappa shape index (κ3) is 1.92. The van der Waals surface area contributed by atoms with Crippen molar-refractivity contribution in [2.45, 2.75) is 19.5 Å². The molecule has 2 nitrogen and oxygen atoms in total. The minimum absolute atomic E-state index is 0.203. The molecule has 0 radical (unpaired) electrons. The van der Waals surface area contributed by atoms with Gasteiger partial charge >= 0.3 is 6.18 Å². The van der Waals surface area contributed by atoms with Gasteiger partial charge in [-0.2, -0.15) is 13.2 Å². The highest BCUT2D eigenvalue weighted by Gasteiger charge is 2.35. The minimum atomic E-state index is -4.57. The molecule has 0 unspecified atom stereocenters. The highest BCUT2D eigenvalue weighted by molar-refractivity contribution is 5.79. The van der Waals surface area contributed by atoms with E-state index in [1.165, 1.54) is 6.07 Å². The van der Waals surface area contributed by atoms with Crippen molar-refractivity contribution in [3.05, 3.63) is 29.1 Å². The van der Waals surface area contributed by atoms with Crippen molar-refractivity contribution in [1.82, 2.24) is 4.98 Å². The summed E-state index contributed by atoms with van der Waals surface area (Å²) in [5, 5.41) is 0. The molecule has 1 aromatic heterocycles. The van der Waals surface area contributed by atoms with E-state index in [4.69, 9.17) is 0 Å². The first-order chi connectivity index (χ1) is 6.50. The lowest BCUT2D eigenvalue weighted by Crippen LogP contribution is -2.13. The van der Waals surface area contributed by atoms with Crippen LogP contribution in [-0.2, 0) is 12.6 Å². The Morgan fingerprint density at radius 2 is 2.14 bits per heavy atom. The molecular formula is C9H8F3NO. The van der Waals surface area contributed by atoms with Gasteiger partial charge in [-0.1, -0.05) is 6.92 Å². The smallest absolute Gasteiger partial charge is 0.298 e. The maximum atomic E-state index is 12.3.